The van der Waals surface area contributed by atoms with Gasteiger partial charge in [-0.15, -0.1) is 0 Å². The number of fused-ring (bicyclic) bond motifs is 4. The molecule has 5 heteroatoms. The van der Waals surface area contributed by atoms with Crippen LogP contribution in [0.4, 0.5) is 0 Å². The number of rotatable bonds is 5. The van der Waals surface area contributed by atoms with E-state index in [1.165, 1.54) is 33.3 Å². The highest BCUT2D eigenvalue weighted by Gasteiger charge is 2.24. The Morgan fingerprint density at radius 1 is 1.00 bits per heavy atom. The summed E-state index contributed by atoms with van der Waals surface area (Å²) in [6, 6.07) is 17.3. The zero-order valence-electron chi connectivity index (χ0n) is 21.3. The Morgan fingerprint density at radius 3 is 2.72 bits per heavy atom. The summed E-state index contributed by atoms with van der Waals surface area (Å²) in [6.07, 6.45) is 9.33. The van der Waals surface area contributed by atoms with Gasteiger partial charge < -0.3 is 4.57 Å². The first kappa shape index (κ1) is 23.0. The summed E-state index contributed by atoms with van der Waals surface area (Å²) in [6.45, 7) is 7.80. The molecule has 36 heavy (non-hydrogen) atoms. The lowest BCUT2D eigenvalue weighted by molar-refractivity contribution is 0.256. The van der Waals surface area contributed by atoms with Crippen LogP contribution in [0.1, 0.15) is 52.3 Å². The highest BCUT2D eigenvalue weighted by atomic mass is 16.1. The van der Waals surface area contributed by atoms with Gasteiger partial charge in [0.15, 0.2) is 0 Å². The van der Waals surface area contributed by atoms with Crippen LogP contribution < -0.4 is 5.56 Å². The van der Waals surface area contributed by atoms with Gasteiger partial charge in [0.25, 0.3) is 5.56 Å². The van der Waals surface area contributed by atoms with Crippen molar-refractivity contribution in [2.45, 2.75) is 59.0 Å². The summed E-state index contributed by atoms with van der Waals surface area (Å²) in [4.78, 5) is 20.5. The standard InChI is InChI=1S/C31H34N4O/c1-22-11-12-28-26(20-22)27-21-33(18-15-29(27)34(28)19-13-24-8-4-3-5-9-24)17-14-25-23(2)32-30-10-6-7-16-35(30)31(25)36/h3-5,8-9,11-13,19-20H,6-7,10,14-18,21H2,1-2H3. The average molecular weight is 479 g/mol. The van der Waals surface area contributed by atoms with Gasteiger partial charge in [0.05, 0.1) is 5.52 Å². The summed E-state index contributed by atoms with van der Waals surface area (Å²) in [5, 5.41) is 1.35. The van der Waals surface area contributed by atoms with Crippen molar-refractivity contribution in [2.24, 2.45) is 0 Å². The van der Waals surface area contributed by atoms with Crippen LogP contribution in [0.5, 0.6) is 0 Å². The summed E-state index contributed by atoms with van der Waals surface area (Å²) >= 11 is 0. The van der Waals surface area contributed by atoms with Crippen LogP contribution in [0.2, 0.25) is 0 Å². The molecule has 5 nitrogen and oxygen atoms in total. The second kappa shape index (κ2) is 9.55. The minimum atomic E-state index is 0.188. The van der Waals surface area contributed by atoms with Gasteiger partial charge in [-0.3, -0.25) is 14.3 Å². The molecular formula is C31H34N4O. The van der Waals surface area contributed by atoms with Crippen LogP contribution in [0.15, 0.2) is 53.3 Å². The molecule has 6 rings (SSSR count). The lowest BCUT2D eigenvalue weighted by Crippen LogP contribution is -2.36. The second-order valence-corrected chi connectivity index (χ2v) is 10.3. The van der Waals surface area contributed by atoms with Crippen molar-refractivity contribution >= 4 is 23.2 Å². The number of nitrogens with zero attached hydrogens (tertiary/aromatic N) is 4. The SMILES string of the molecule is Cc1ccc2c(c1)c1c(n2C=Cc2ccccc2)CCN(CCc2c(C)nc3n(c2=O)CCCC3)C1. The Labute approximate surface area is 212 Å². The summed E-state index contributed by atoms with van der Waals surface area (Å²) in [5.74, 6) is 0.974. The Balaban J connectivity index is 1.28. The molecule has 2 aromatic carbocycles. The lowest BCUT2D eigenvalue weighted by atomic mass is 10.0. The minimum absolute atomic E-state index is 0.188. The first-order chi connectivity index (χ1) is 17.6. The van der Waals surface area contributed by atoms with Gasteiger partial charge in [0.1, 0.15) is 5.82 Å². The van der Waals surface area contributed by atoms with Crippen LogP contribution in [0.3, 0.4) is 0 Å². The molecule has 0 saturated carbocycles. The molecular weight excluding hydrogens is 444 g/mol. The fourth-order valence-corrected chi connectivity index (χ4v) is 5.94. The van der Waals surface area contributed by atoms with Gasteiger partial charge in [-0.05, 0) is 62.4 Å². The van der Waals surface area contributed by atoms with E-state index in [1.54, 1.807) is 0 Å². The van der Waals surface area contributed by atoms with E-state index in [2.05, 4.69) is 77.2 Å². The molecule has 0 radical (unpaired) electrons. The topological polar surface area (TPSA) is 43.1 Å². The quantitative estimate of drug-likeness (QED) is 0.387. The van der Waals surface area contributed by atoms with Crippen molar-refractivity contribution in [1.29, 1.82) is 0 Å². The summed E-state index contributed by atoms with van der Waals surface area (Å²) in [7, 11) is 0. The third-order valence-electron chi connectivity index (χ3n) is 7.90. The van der Waals surface area contributed by atoms with Crippen molar-refractivity contribution < 1.29 is 0 Å². The summed E-state index contributed by atoms with van der Waals surface area (Å²) in [5.41, 5.74) is 8.61. The molecule has 0 N–H and O–H groups in total. The fourth-order valence-electron chi connectivity index (χ4n) is 5.94. The molecule has 184 valence electrons. The van der Waals surface area contributed by atoms with Crippen LogP contribution in [0.25, 0.3) is 23.2 Å². The summed E-state index contributed by atoms with van der Waals surface area (Å²) < 4.78 is 4.31. The fraction of sp³-hybridized carbons (Fsp3) is 0.355. The largest absolute Gasteiger partial charge is 0.320 e. The third-order valence-corrected chi connectivity index (χ3v) is 7.90. The molecule has 0 fully saturated rings. The molecule has 0 saturated heterocycles. The number of hydrogen-bond acceptors (Lipinski definition) is 3. The number of aryl methyl sites for hydroxylation is 3. The van der Waals surface area contributed by atoms with E-state index in [9.17, 15) is 4.79 Å². The van der Waals surface area contributed by atoms with Crippen LogP contribution in [0, 0.1) is 13.8 Å². The monoisotopic (exact) mass is 478 g/mol. The average Bonchev–Trinajstić information content (AvgIpc) is 3.20. The number of hydrogen-bond donors (Lipinski definition) is 0. The van der Waals surface area contributed by atoms with E-state index in [1.807, 2.05) is 11.5 Å². The van der Waals surface area contributed by atoms with Crippen molar-refractivity contribution in [2.75, 3.05) is 13.1 Å². The molecule has 0 atom stereocenters. The van der Waals surface area contributed by atoms with Crippen molar-refractivity contribution in [3.05, 3.63) is 98.4 Å². The normalized spacial score (nSPS) is 15.9. The molecule has 0 amide bonds. The van der Waals surface area contributed by atoms with Gasteiger partial charge in [-0.1, -0.05) is 42.0 Å². The molecule has 0 unspecified atom stereocenters. The van der Waals surface area contributed by atoms with Gasteiger partial charge in [0, 0.05) is 67.6 Å². The van der Waals surface area contributed by atoms with Crippen LogP contribution >= 0.6 is 0 Å². The van der Waals surface area contributed by atoms with Crippen molar-refractivity contribution in [1.82, 2.24) is 19.0 Å². The van der Waals surface area contributed by atoms with Crippen LogP contribution in [-0.4, -0.2) is 32.1 Å². The highest BCUT2D eigenvalue weighted by Crippen LogP contribution is 2.32. The van der Waals surface area contributed by atoms with Gasteiger partial charge in [-0.25, -0.2) is 4.98 Å². The van der Waals surface area contributed by atoms with E-state index in [-0.39, 0.29) is 5.56 Å². The first-order valence-electron chi connectivity index (χ1n) is 13.3. The van der Waals surface area contributed by atoms with Crippen molar-refractivity contribution in [3.63, 3.8) is 0 Å². The van der Waals surface area contributed by atoms with Gasteiger partial charge in [-0.2, -0.15) is 0 Å². The number of aromatic nitrogens is 3. The Hall–Kier alpha value is -3.44. The molecule has 2 aliphatic rings. The molecule has 0 spiro atoms. The Kier molecular flexibility index (Phi) is 6.10. The van der Waals surface area contributed by atoms with E-state index in [4.69, 9.17) is 4.98 Å². The Morgan fingerprint density at radius 2 is 1.86 bits per heavy atom. The molecule has 4 heterocycles. The lowest BCUT2D eigenvalue weighted by Gasteiger charge is -2.28. The molecule has 2 aliphatic heterocycles. The van der Waals surface area contributed by atoms with E-state index < -0.39 is 0 Å². The minimum Gasteiger partial charge on any atom is -0.320 e. The maximum absolute atomic E-state index is 13.2. The maximum atomic E-state index is 13.2. The maximum Gasteiger partial charge on any atom is 0.256 e. The highest BCUT2D eigenvalue weighted by molar-refractivity contribution is 5.89. The predicted molar refractivity (Wildman–Crippen MR) is 147 cm³/mol. The zero-order chi connectivity index (χ0) is 24.6. The van der Waals surface area contributed by atoms with Crippen LogP contribution in [-0.2, 0) is 32.4 Å². The van der Waals surface area contributed by atoms with E-state index in [0.29, 0.717) is 0 Å². The molecule has 0 aliphatic carbocycles. The number of benzene rings is 2. The second-order valence-electron chi connectivity index (χ2n) is 10.3. The van der Waals surface area contributed by atoms with Crippen molar-refractivity contribution in [3.8, 4) is 0 Å². The molecule has 0 bridgehead atoms. The van der Waals surface area contributed by atoms with E-state index in [0.717, 1.165) is 75.4 Å². The molecule has 2 aromatic heterocycles. The van der Waals surface area contributed by atoms with E-state index >= 15 is 0 Å². The van der Waals surface area contributed by atoms with Gasteiger partial charge >= 0.3 is 0 Å². The van der Waals surface area contributed by atoms with Gasteiger partial charge in [0.2, 0.25) is 0 Å². The zero-order valence-corrected chi connectivity index (χ0v) is 21.3. The predicted octanol–water partition coefficient (Wildman–Crippen LogP) is 5.38. The smallest absolute Gasteiger partial charge is 0.256 e. The Bertz CT molecular complexity index is 1510. The first-order valence-corrected chi connectivity index (χ1v) is 13.3. The molecule has 4 aromatic rings. The third kappa shape index (κ3) is 4.22.